The number of alkyl halides is 3. The molecule has 1 unspecified atom stereocenters. The third-order valence-electron chi connectivity index (χ3n) is 7.90. The molecule has 13 heteroatoms. The predicted octanol–water partition coefficient (Wildman–Crippen LogP) is 4.23. The first-order valence-corrected chi connectivity index (χ1v) is 13.9. The molecule has 6 rings (SSSR count). The maximum Gasteiger partial charge on any atom is 0.420 e. The summed E-state index contributed by atoms with van der Waals surface area (Å²) in [7, 11) is 0. The molecule has 1 atom stereocenters. The molecule has 3 aliphatic rings. The van der Waals surface area contributed by atoms with Crippen LogP contribution in [0.5, 0.6) is 11.6 Å². The van der Waals surface area contributed by atoms with Crippen molar-refractivity contribution >= 4 is 11.7 Å². The molecular weight excluding hydrogens is 556 g/mol. The van der Waals surface area contributed by atoms with Gasteiger partial charge in [-0.25, -0.2) is 19.3 Å². The van der Waals surface area contributed by atoms with Crippen molar-refractivity contribution in [2.24, 2.45) is 5.41 Å². The molecule has 1 aliphatic carbocycles. The Hall–Kier alpha value is -4.00. The summed E-state index contributed by atoms with van der Waals surface area (Å²) in [5.41, 5.74) is 0.00160. The molecule has 1 spiro atoms. The molecule has 0 aromatic carbocycles. The smallest absolute Gasteiger partial charge is 0.420 e. The number of pyridine rings is 3. The van der Waals surface area contributed by atoms with Crippen LogP contribution >= 0.6 is 0 Å². The number of halogens is 4. The minimum absolute atomic E-state index is 0.0252. The number of carbonyl (C=O) groups is 1. The van der Waals surface area contributed by atoms with E-state index in [9.17, 15) is 22.4 Å². The van der Waals surface area contributed by atoms with Crippen molar-refractivity contribution in [1.82, 2.24) is 25.6 Å². The Labute approximate surface area is 239 Å². The normalized spacial score (nSPS) is 19.7. The highest BCUT2D eigenvalue weighted by atomic mass is 19.4. The topological polar surface area (TPSA) is 102 Å². The van der Waals surface area contributed by atoms with Gasteiger partial charge in [-0.3, -0.25) is 4.79 Å². The molecule has 2 aliphatic heterocycles. The first-order valence-electron chi connectivity index (χ1n) is 13.9. The van der Waals surface area contributed by atoms with E-state index in [1.165, 1.54) is 4.90 Å². The summed E-state index contributed by atoms with van der Waals surface area (Å²) < 4.78 is 65.8. The van der Waals surface area contributed by atoms with E-state index < -0.39 is 17.6 Å². The van der Waals surface area contributed by atoms with E-state index >= 15 is 0 Å². The van der Waals surface area contributed by atoms with E-state index in [0.717, 1.165) is 19.2 Å². The molecule has 42 heavy (non-hydrogen) atoms. The summed E-state index contributed by atoms with van der Waals surface area (Å²) in [4.78, 5) is 27.6. The largest absolute Gasteiger partial charge is 0.488 e. The Bertz CT molecular complexity index is 1470. The summed E-state index contributed by atoms with van der Waals surface area (Å²) in [6, 6.07) is 7.50. The zero-order chi connectivity index (χ0) is 29.5. The van der Waals surface area contributed by atoms with E-state index in [1.54, 1.807) is 24.4 Å². The molecule has 2 N–H and O–H groups in total. The van der Waals surface area contributed by atoms with Gasteiger partial charge in [-0.15, -0.1) is 0 Å². The number of nitrogens with one attached hydrogen (secondary N) is 2. The van der Waals surface area contributed by atoms with Crippen molar-refractivity contribution < 1.29 is 31.8 Å². The predicted molar refractivity (Wildman–Crippen MR) is 145 cm³/mol. The summed E-state index contributed by atoms with van der Waals surface area (Å²) in [6.45, 7) is 4.47. The number of hydrogen-bond acceptors (Lipinski definition) is 8. The number of ether oxygens (including phenoxy) is 2. The van der Waals surface area contributed by atoms with Gasteiger partial charge < -0.3 is 25.0 Å². The van der Waals surface area contributed by atoms with Crippen molar-refractivity contribution in [3.05, 3.63) is 59.8 Å². The van der Waals surface area contributed by atoms with Gasteiger partial charge in [0.1, 0.15) is 23.3 Å². The third-order valence-corrected chi connectivity index (χ3v) is 7.90. The van der Waals surface area contributed by atoms with Crippen molar-refractivity contribution in [1.29, 1.82) is 0 Å². The van der Waals surface area contributed by atoms with Crippen LogP contribution < -0.4 is 25.0 Å². The fraction of sp³-hybridized carbons (Fsp3) is 0.448. The second kappa shape index (κ2) is 11.0. The van der Waals surface area contributed by atoms with Crippen LogP contribution in [0.25, 0.3) is 11.3 Å². The highest BCUT2D eigenvalue weighted by Crippen LogP contribution is 2.52. The fourth-order valence-corrected chi connectivity index (χ4v) is 5.96. The first kappa shape index (κ1) is 28.1. The maximum absolute atomic E-state index is 13.5. The molecule has 1 amide bonds. The second-order valence-electron chi connectivity index (χ2n) is 11.0. The molecule has 0 radical (unpaired) electrons. The summed E-state index contributed by atoms with van der Waals surface area (Å²) >= 11 is 0. The number of amides is 1. The Morgan fingerprint density at radius 2 is 2.02 bits per heavy atom. The van der Waals surface area contributed by atoms with Gasteiger partial charge in [0.15, 0.2) is 11.4 Å². The minimum Gasteiger partial charge on any atom is -0.488 e. The standard InChI is InChI=1S/C29H30F4N6O3/c1-2-41-27-20(4-3-8-35-27)22-5-6-23(24(38-22)26(40)37-18-7-9-34-14-18)42-19-11-28(12-19)15-39(16-28)25-21(29(31,32)33)10-17(30)13-36-25/h3-6,8,10,13,18-19,34H,2,7,9,11-12,14-16H2,1H3,(H,37,40). The van der Waals surface area contributed by atoms with Crippen LogP contribution in [0.15, 0.2) is 42.7 Å². The number of anilines is 1. The molecule has 3 fully saturated rings. The highest BCUT2D eigenvalue weighted by Gasteiger charge is 2.55. The van der Waals surface area contributed by atoms with Gasteiger partial charge in [0.2, 0.25) is 5.88 Å². The van der Waals surface area contributed by atoms with Crippen molar-refractivity contribution in [3.63, 3.8) is 0 Å². The Balaban J connectivity index is 1.17. The number of hydrogen-bond donors (Lipinski definition) is 2. The molecule has 9 nitrogen and oxygen atoms in total. The minimum atomic E-state index is -4.71. The average Bonchev–Trinajstić information content (AvgIpc) is 3.43. The van der Waals surface area contributed by atoms with E-state index in [0.29, 0.717) is 68.0 Å². The van der Waals surface area contributed by atoms with Crippen LogP contribution in [-0.2, 0) is 6.18 Å². The van der Waals surface area contributed by atoms with Gasteiger partial charge >= 0.3 is 6.18 Å². The third kappa shape index (κ3) is 5.57. The van der Waals surface area contributed by atoms with E-state index in [1.807, 2.05) is 13.0 Å². The lowest BCUT2D eigenvalue weighted by Gasteiger charge is -2.59. The summed E-state index contributed by atoms with van der Waals surface area (Å²) in [6.07, 6.45) is -0.522. The summed E-state index contributed by atoms with van der Waals surface area (Å²) in [5, 5.41) is 6.25. The molecule has 2 saturated heterocycles. The molecule has 1 saturated carbocycles. The quantitative estimate of drug-likeness (QED) is 0.379. The molecular formula is C29H30F4N6O3. The fourth-order valence-electron chi connectivity index (χ4n) is 5.96. The van der Waals surface area contributed by atoms with Gasteiger partial charge in [-0.1, -0.05) is 0 Å². The summed E-state index contributed by atoms with van der Waals surface area (Å²) in [5.74, 6) is -0.902. The lowest BCUT2D eigenvalue weighted by Crippen LogP contribution is -2.65. The van der Waals surface area contributed by atoms with Gasteiger partial charge in [0.25, 0.3) is 5.91 Å². The Morgan fingerprint density at radius 1 is 1.21 bits per heavy atom. The molecule has 3 aromatic rings. The number of carbonyl (C=O) groups excluding carboxylic acids is 1. The van der Waals surface area contributed by atoms with Crippen molar-refractivity contribution in [2.75, 3.05) is 37.7 Å². The molecule has 3 aromatic heterocycles. The first-order chi connectivity index (χ1) is 20.1. The maximum atomic E-state index is 13.5. The zero-order valence-electron chi connectivity index (χ0n) is 22.9. The van der Waals surface area contributed by atoms with Gasteiger partial charge in [-0.05, 0) is 63.1 Å². The van der Waals surface area contributed by atoms with E-state index in [4.69, 9.17) is 9.47 Å². The molecule has 222 valence electrons. The van der Waals surface area contributed by atoms with Gasteiger partial charge in [-0.2, -0.15) is 13.2 Å². The number of rotatable bonds is 8. The number of aromatic nitrogens is 3. The molecule has 0 bridgehead atoms. The molecule has 5 heterocycles. The van der Waals surface area contributed by atoms with E-state index in [-0.39, 0.29) is 35.0 Å². The van der Waals surface area contributed by atoms with Gasteiger partial charge in [0.05, 0.1) is 24.1 Å². The van der Waals surface area contributed by atoms with Crippen LogP contribution in [0, 0.1) is 11.2 Å². The lowest BCUT2D eigenvalue weighted by atomic mass is 9.61. The monoisotopic (exact) mass is 586 g/mol. The Morgan fingerprint density at radius 3 is 2.74 bits per heavy atom. The van der Waals surface area contributed by atoms with Crippen LogP contribution in [0.4, 0.5) is 23.4 Å². The van der Waals surface area contributed by atoms with Crippen LogP contribution in [0.2, 0.25) is 0 Å². The highest BCUT2D eigenvalue weighted by molar-refractivity contribution is 5.96. The average molecular weight is 587 g/mol. The van der Waals surface area contributed by atoms with Crippen molar-refractivity contribution in [3.8, 4) is 22.9 Å². The van der Waals surface area contributed by atoms with Crippen LogP contribution in [0.3, 0.4) is 0 Å². The SMILES string of the molecule is CCOc1ncccc1-c1ccc(OC2CC3(C2)CN(c2ncc(F)cc2C(F)(F)F)C3)c(C(=O)NC2CCNC2)n1. The second-order valence-corrected chi connectivity index (χ2v) is 11.0. The van der Waals surface area contributed by atoms with Crippen LogP contribution in [-0.4, -0.2) is 65.8 Å². The lowest BCUT2D eigenvalue weighted by molar-refractivity contribution is -0.138. The number of nitrogens with zero attached hydrogens (tertiary/aromatic N) is 4. The Kier molecular flexibility index (Phi) is 7.37. The van der Waals surface area contributed by atoms with Crippen molar-refractivity contribution in [2.45, 2.75) is 44.5 Å². The van der Waals surface area contributed by atoms with Crippen LogP contribution in [0.1, 0.15) is 42.2 Å². The van der Waals surface area contributed by atoms with E-state index in [2.05, 4.69) is 25.6 Å². The van der Waals surface area contributed by atoms with Gasteiger partial charge in [0, 0.05) is 37.3 Å². The zero-order valence-corrected chi connectivity index (χ0v) is 22.9.